The lowest BCUT2D eigenvalue weighted by Gasteiger charge is -2.23. The molecular formula is C12H16BrNO3S. The smallest absolute Gasteiger partial charge is 0.151 e. The van der Waals surface area contributed by atoms with Crippen molar-refractivity contribution in [2.24, 2.45) is 0 Å². The molecule has 1 aromatic carbocycles. The maximum absolute atomic E-state index is 11.4. The number of benzene rings is 1. The van der Waals surface area contributed by atoms with Crippen LogP contribution in [-0.2, 0) is 16.4 Å². The van der Waals surface area contributed by atoms with Crippen LogP contribution in [0.2, 0.25) is 0 Å². The fraction of sp³-hybridized carbons (Fsp3) is 0.500. The first kappa shape index (κ1) is 13.8. The van der Waals surface area contributed by atoms with E-state index in [9.17, 15) is 13.5 Å². The molecule has 4 nitrogen and oxygen atoms in total. The molecule has 2 rings (SSSR count). The number of rotatable bonds is 3. The first-order valence-corrected chi connectivity index (χ1v) is 8.37. The fourth-order valence-electron chi connectivity index (χ4n) is 2.20. The Bertz CT molecular complexity index is 544. The Kier molecular flexibility index (Phi) is 3.99. The number of phenolic OH excluding ortho intramolecular Hbond substituents is 1. The summed E-state index contributed by atoms with van der Waals surface area (Å²) in [5.41, 5.74) is 0.802. The molecule has 0 radical (unpaired) electrons. The van der Waals surface area contributed by atoms with E-state index in [-0.39, 0.29) is 23.3 Å². The van der Waals surface area contributed by atoms with Crippen molar-refractivity contribution >= 4 is 25.8 Å². The molecule has 0 bridgehead atoms. The summed E-state index contributed by atoms with van der Waals surface area (Å²) in [7, 11) is -0.970. The Morgan fingerprint density at radius 2 is 2.22 bits per heavy atom. The average Bonchev–Trinajstić information content (AvgIpc) is 2.64. The summed E-state index contributed by atoms with van der Waals surface area (Å²) in [4.78, 5) is 1.99. The molecule has 1 aromatic rings. The van der Waals surface area contributed by atoms with Crippen molar-refractivity contribution in [2.45, 2.75) is 19.0 Å². The van der Waals surface area contributed by atoms with Crippen LogP contribution in [0.25, 0.3) is 0 Å². The van der Waals surface area contributed by atoms with Gasteiger partial charge in [0, 0.05) is 22.6 Å². The monoisotopic (exact) mass is 333 g/mol. The second-order valence-corrected chi connectivity index (χ2v) is 7.89. The number of hydrogen-bond acceptors (Lipinski definition) is 4. The molecule has 0 aromatic heterocycles. The topological polar surface area (TPSA) is 57.6 Å². The van der Waals surface area contributed by atoms with Gasteiger partial charge in [-0.05, 0) is 31.7 Å². The normalized spacial score (nSPS) is 22.5. The highest BCUT2D eigenvalue weighted by Gasteiger charge is 2.30. The highest BCUT2D eigenvalue weighted by Crippen LogP contribution is 2.25. The van der Waals surface area contributed by atoms with E-state index in [2.05, 4.69) is 15.9 Å². The van der Waals surface area contributed by atoms with Gasteiger partial charge in [0.2, 0.25) is 0 Å². The zero-order valence-electron chi connectivity index (χ0n) is 10.1. The highest BCUT2D eigenvalue weighted by atomic mass is 79.9. The van der Waals surface area contributed by atoms with E-state index < -0.39 is 9.84 Å². The fourth-order valence-corrected chi connectivity index (χ4v) is 4.42. The number of phenols is 1. The number of nitrogens with zero attached hydrogens (tertiary/aromatic N) is 1. The first-order chi connectivity index (χ1) is 8.37. The first-order valence-electron chi connectivity index (χ1n) is 5.75. The molecule has 1 aliphatic rings. The minimum absolute atomic E-state index is 0.0494. The number of halogens is 1. The highest BCUT2D eigenvalue weighted by molar-refractivity contribution is 9.10. The minimum Gasteiger partial charge on any atom is -0.508 e. The molecule has 1 aliphatic heterocycles. The van der Waals surface area contributed by atoms with E-state index in [1.807, 2.05) is 18.0 Å². The molecule has 100 valence electrons. The summed E-state index contributed by atoms with van der Waals surface area (Å²) >= 11 is 3.36. The van der Waals surface area contributed by atoms with E-state index in [1.165, 1.54) is 0 Å². The van der Waals surface area contributed by atoms with Crippen molar-refractivity contribution in [1.82, 2.24) is 4.90 Å². The lowest BCUT2D eigenvalue weighted by atomic mass is 10.1. The summed E-state index contributed by atoms with van der Waals surface area (Å²) in [6, 6.07) is 5.32. The maximum Gasteiger partial charge on any atom is 0.151 e. The zero-order chi connectivity index (χ0) is 13.3. The molecule has 1 atom stereocenters. The van der Waals surface area contributed by atoms with E-state index in [0.29, 0.717) is 13.0 Å². The molecule has 0 spiro atoms. The maximum atomic E-state index is 11.4. The van der Waals surface area contributed by atoms with Crippen LogP contribution in [0.4, 0.5) is 0 Å². The van der Waals surface area contributed by atoms with Crippen LogP contribution in [0.5, 0.6) is 5.75 Å². The standard InChI is InChI=1S/C12H16BrNO3S/c1-14(11-4-5-18(16,17)8-11)7-9-6-10(13)2-3-12(9)15/h2-3,6,11,15H,4-5,7-8H2,1H3. The van der Waals surface area contributed by atoms with Gasteiger partial charge in [-0.15, -0.1) is 0 Å². The van der Waals surface area contributed by atoms with Crippen molar-refractivity contribution in [1.29, 1.82) is 0 Å². The summed E-state index contributed by atoms with van der Waals surface area (Å²) in [5, 5.41) is 9.76. The van der Waals surface area contributed by atoms with Gasteiger partial charge < -0.3 is 5.11 Å². The lowest BCUT2D eigenvalue weighted by Crippen LogP contribution is -2.32. The van der Waals surface area contributed by atoms with Crippen molar-refractivity contribution in [3.8, 4) is 5.75 Å². The Labute approximate surface area is 116 Å². The Balaban J connectivity index is 2.08. The van der Waals surface area contributed by atoms with Crippen LogP contribution in [0.1, 0.15) is 12.0 Å². The molecule has 1 unspecified atom stereocenters. The van der Waals surface area contributed by atoms with Crippen molar-refractivity contribution in [3.05, 3.63) is 28.2 Å². The van der Waals surface area contributed by atoms with Gasteiger partial charge in [-0.1, -0.05) is 15.9 Å². The Morgan fingerprint density at radius 1 is 1.50 bits per heavy atom. The second kappa shape index (κ2) is 5.19. The summed E-state index contributed by atoms with van der Waals surface area (Å²) in [5.74, 6) is 0.732. The van der Waals surface area contributed by atoms with E-state index in [1.54, 1.807) is 12.1 Å². The van der Waals surface area contributed by atoms with Crippen molar-refractivity contribution in [3.63, 3.8) is 0 Å². The van der Waals surface area contributed by atoms with Gasteiger partial charge in [0.25, 0.3) is 0 Å². The van der Waals surface area contributed by atoms with Crippen molar-refractivity contribution < 1.29 is 13.5 Å². The van der Waals surface area contributed by atoms with Gasteiger partial charge in [0.05, 0.1) is 11.5 Å². The van der Waals surface area contributed by atoms with Crippen LogP contribution in [0, 0.1) is 0 Å². The molecule has 18 heavy (non-hydrogen) atoms. The SMILES string of the molecule is CN(Cc1cc(Br)ccc1O)C1CCS(=O)(=O)C1. The van der Waals surface area contributed by atoms with Crippen LogP contribution in [-0.4, -0.2) is 43.0 Å². The zero-order valence-corrected chi connectivity index (χ0v) is 12.5. The predicted molar refractivity (Wildman–Crippen MR) is 74.3 cm³/mol. The summed E-state index contributed by atoms with van der Waals surface area (Å²) in [6.07, 6.45) is 0.674. The average molecular weight is 334 g/mol. The van der Waals surface area contributed by atoms with Crippen LogP contribution in [0.15, 0.2) is 22.7 Å². The van der Waals surface area contributed by atoms with Gasteiger partial charge in [0.1, 0.15) is 5.75 Å². The molecule has 1 heterocycles. The van der Waals surface area contributed by atoms with Gasteiger partial charge in [-0.2, -0.15) is 0 Å². The third-order valence-corrected chi connectivity index (χ3v) is 5.54. The van der Waals surface area contributed by atoms with Gasteiger partial charge in [-0.3, -0.25) is 4.90 Å². The largest absolute Gasteiger partial charge is 0.508 e. The van der Waals surface area contributed by atoms with E-state index in [4.69, 9.17) is 0 Å². The van der Waals surface area contributed by atoms with Gasteiger partial charge in [-0.25, -0.2) is 8.42 Å². The van der Waals surface area contributed by atoms with E-state index >= 15 is 0 Å². The van der Waals surface area contributed by atoms with Gasteiger partial charge in [0.15, 0.2) is 9.84 Å². The van der Waals surface area contributed by atoms with E-state index in [0.717, 1.165) is 10.0 Å². The molecule has 6 heteroatoms. The lowest BCUT2D eigenvalue weighted by molar-refractivity contribution is 0.250. The number of aromatic hydroxyl groups is 1. The summed E-state index contributed by atoms with van der Waals surface area (Å²) < 4.78 is 23.8. The van der Waals surface area contributed by atoms with Gasteiger partial charge >= 0.3 is 0 Å². The molecule has 1 N–H and O–H groups in total. The minimum atomic E-state index is -2.86. The van der Waals surface area contributed by atoms with Crippen molar-refractivity contribution in [2.75, 3.05) is 18.6 Å². The predicted octanol–water partition coefficient (Wildman–Crippen LogP) is 1.77. The van der Waals surface area contributed by atoms with Crippen LogP contribution in [0.3, 0.4) is 0 Å². The molecule has 1 saturated heterocycles. The molecule has 0 aliphatic carbocycles. The second-order valence-electron chi connectivity index (χ2n) is 4.75. The van der Waals surface area contributed by atoms with Crippen LogP contribution >= 0.6 is 15.9 Å². The third kappa shape index (κ3) is 3.24. The quantitative estimate of drug-likeness (QED) is 0.915. The molecule has 0 saturated carbocycles. The van der Waals surface area contributed by atoms with Crippen LogP contribution < -0.4 is 0 Å². The molecule has 1 fully saturated rings. The number of sulfone groups is 1. The summed E-state index contributed by atoms with van der Waals surface area (Å²) in [6.45, 7) is 0.547. The third-order valence-electron chi connectivity index (χ3n) is 3.29. The molecule has 0 amide bonds. The Hall–Kier alpha value is -0.590. The number of hydrogen-bond donors (Lipinski definition) is 1. The molecular weight excluding hydrogens is 318 g/mol. The Morgan fingerprint density at radius 3 is 2.83 bits per heavy atom.